The molecule has 0 amide bonds. The van der Waals surface area contributed by atoms with Gasteiger partial charge in [0.1, 0.15) is 11.3 Å². The van der Waals surface area contributed by atoms with Gasteiger partial charge < -0.3 is 0 Å². The van der Waals surface area contributed by atoms with Crippen LogP contribution in [0.3, 0.4) is 0 Å². The molecule has 3 aromatic rings. The summed E-state index contributed by atoms with van der Waals surface area (Å²) in [4.78, 5) is 28.6. The SMILES string of the molecule is Cc1ccn2c(C(=O)C(=O)c3ccccc3)cnc2c1. The quantitative estimate of drug-likeness (QED) is 0.540. The van der Waals surface area contributed by atoms with Crippen molar-refractivity contribution >= 4 is 17.2 Å². The van der Waals surface area contributed by atoms with Gasteiger partial charge in [0.05, 0.1) is 6.20 Å². The van der Waals surface area contributed by atoms with Gasteiger partial charge in [-0.3, -0.25) is 14.0 Å². The number of pyridine rings is 1. The Balaban J connectivity index is 2.03. The van der Waals surface area contributed by atoms with E-state index in [1.165, 1.54) is 6.20 Å². The highest BCUT2D eigenvalue weighted by Crippen LogP contribution is 2.12. The van der Waals surface area contributed by atoms with Crippen LogP contribution in [-0.4, -0.2) is 21.0 Å². The van der Waals surface area contributed by atoms with Crippen molar-refractivity contribution in [1.29, 1.82) is 0 Å². The molecule has 20 heavy (non-hydrogen) atoms. The number of aromatic nitrogens is 2. The van der Waals surface area contributed by atoms with Crippen molar-refractivity contribution in [3.05, 3.63) is 71.7 Å². The monoisotopic (exact) mass is 264 g/mol. The number of hydrogen-bond acceptors (Lipinski definition) is 3. The van der Waals surface area contributed by atoms with Crippen molar-refractivity contribution in [2.45, 2.75) is 6.92 Å². The Labute approximate surface area is 115 Å². The van der Waals surface area contributed by atoms with Crippen LogP contribution in [0.2, 0.25) is 0 Å². The van der Waals surface area contributed by atoms with E-state index in [0.717, 1.165) is 5.56 Å². The smallest absolute Gasteiger partial charge is 0.251 e. The summed E-state index contributed by atoms with van der Waals surface area (Å²) in [5, 5.41) is 0. The van der Waals surface area contributed by atoms with Gasteiger partial charge in [-0.05, 0) is 24.6 Å². The Morgan fingerprint density at radius 3 is 2.55 bits per heavy atom. The van der Waals surface area contributed by atoms with Gasteiger partial charge in [0.15, 0.2) is 0 Å². The third-order valence-electron chi connectivity index (χ3n) is 3.14. The molecular weight excluding hydrogens is 252 g/mol. The van der Waals surface area contributed by atoms with Crippen LogP contribution in [0.4, 0.5) is 0 Å². The van der Waals surface area contributed by atoms with Gasteiger partial charge in [-0.15, -0.1) is 0 Å². The average Bonchev–Trinajstić information content (AvgIpc) is 2.89. The molecule has 0 saturated heterocycles. The lowest BCUT2D eigenvalue weighted by Gasteiger charge is -2.01. The number of carbonyl (C=O) groups excluding carboxylic acids is 2. The second-order valence-electron chi connectivity index (χ2n) is 4.60. The predicted molar refractivity (Wildman–Crippen MR) is 75.0 cm³/mol. The van der Waals surface area contributed by atoms with Crippen LogP contribution >= 0.6 is 0 Å². The van der Waals surface area contributed by atoms with Gasteiger partial charge in [-0.25, -0.2) is 4.98 Å². The number of benzene rings is 1. The summed E-state index contributed by atoms with van der Waals surface area (Å²) in [6.45, 7) is 1.95. The zero-order valence-corrected chi connectivity index (χ0v) is 10.9. The second-order valence-corrected chi connectivity index (χ2v) is 4.60. The van der Waals surface area contributed by atoms with Crippen LogP contribution in [0, 0.1) is 6.92 Å². The van der Waals surface area contributed by atoms with E-state index in [9.17, 15) is 9.59 Å². The maximum absolute atomic E-state index is 12.3. The summed E-state index contributed by atoms with van der Waals surface area (Å²) in [6.07, 6.45) is 3.20. The number of ketones is 2. The summed E-state index contributed by atoms with van der Waals surface area (Å²) in [7, 11) is 0. The van der Waals surface area contributed by atoms with Gasteiger partial charge in [0.2, 0.25) is 5.78 Å². The van der Waals surface area contributed by atoms with E-state index in [4.69, 9.17) is 0 Å². The van der Waals surface area contributed by atoms with Gasteiger partial charge in [0.25, 0.3) is 5.78 Å². The Hall–Kier alpha value is -2.75. The minimum absolute atomic E-state index is 0.286. The van der Waals surface area contributed by atoms with Crippen molar-refractivity contribution in [3.63, 3.8) is 0 Å². The summed E-state index contributed by atoms with van der Waals surface area (Å²) in [5.74, 6) is -1.07. The number of fused-ring (bicyclic) bond motifs is 1. The first-order chi connectivity index (χ1) is 9.66. The van der Waals surface area contributed by atoms with Crippen LogP contribution in [0.15, 0.2) is 54.9 Å². The lowest BCUT2D eigenvalue weighted by Crippen LogP contribution is -2.16. The van der Waals surface area contributed by atoms with Crippen LogP contribution < -0.4 is 0 Å². The minimum atomic E-state index is -0.549. The summed E-state index contributed by atoms with van der Waals surface area (Å²) >= 11 is 0. The summed E-state index contributed by atoms with van der Waals surface area (Å²) < 4.78 is 1.64. The maximum Gasteiger partial charge on any atom is 0.251 e. The number of rotatable bonds is 3. The highest BCUT2D eigenvalue weighted by molar-refractivity contribution is 6.48. The number of Topliss-reactive ketones (excluding diaryl/α,β-unsaturated/α-hetero) is 2. The van der Waals surface area contributed by atoms with Gasteiger partial charge in [0, 0.05) is 11.8 Å². The molecule has 0 aliphatic rings. The largest absolute Gasteiger partial charge is 0.297 e. The van der Waals surface area contributed by atoms with Crippen LogP contribution in [0.1, 0.15) is 26.4 Å². The molecule has 2 aromatic heterocycles. The number of imidazole rings is 1. The van der Waals surface area contributed by atoms with E-state index in [1.807, 2.05) is 19.1 Å². The number of hydrogen-bond donors (Lipinski definition) is 0. The maximum atomic E-state index is 12.3. The van der Waals surface area contributed by atoms with Crippen molar-refractivity contribution in [1.82, 2.24) is 9.38 Å². The molecule has 98 valence electrons. The van der Waals surface area contributed by atoms with E-state index in [-0.39, 0.29) is 5.69 Å². The fourth-order valence-corrected chi connectivity index (χ4v) is 2.09. The molecule has 0 bridgehead atoms. The summed E-state index contributed by atoms with van der Waals surface area (Å²) in [6, 6.07) is 12.3. The van der Waals surface area contributed by atoms with E-state index >= 15 is 0 Å². The van der Waals surface area contributed by atoms with Gasteiger partial charge >= 0.3 is 0 Å². The highest BCUT2D eigenvalue weighted by Gasteiger charge is 2.21. The third-order valence-corrected chi connectivity index (χ3v) is 3.14. The van der Waals surface area contributed by atoms with E-state index in [1.54, 1.807) is 40.9 Å². The lowest BCUT2D eigenvalue weighted by atomic mass is 10.1. The molecule has 0 aliphatic heterocycles. The van der Waals surface area contributed by atoms with Crippen LogP contribution in [0.25, 0.3) is 5.65 Å². The predicted octanol–water partition coefficient (Wildman–Crippen LogP) is 2.71. The molecule has 0 N–H and O–H groups in total. The molecule has 0 aliphatic carbocycles. The molecule has 0 atom stereocenters. The second kappa shape index (κ2) is 4.74. The molecule has 1 aromatic carbocycles. The Bertz CT molecular complexity index is 804. The number of carbonyl (C=O) groups is 2. The van der Waals surface area contributed by atoms with Crippen molar-refractivity contribution in [2.24, 2.45) is 0 Å². The molecule has 4 heteroatoms. The number of nitrogens with zero attached hydrogens (tertiary/aromatic N) is 2. The molecule has 0 saturated carbocycles. The molecule has 3 rings (SSSR count). The van der Waals surface area contributed by atoms with E-state index < -0.39 is 11.6 Å². The van der Waals surface area contributed by atoms with Gasteiger partial charge in [-0.2, -0.15) is 0 Å². The van der Waals surface area contributed by atoms with E-state index in [0.29, 0.717) is 11.2 Å². The van der Waals surface area contributed by atoms with Crippen molar-refractivity contribution < 1.29 is 9.59 Å². The molecule has 2 heterocycles. The first-order valence-electron chi connectivity index (χ1n) is 6.24. The summed E-state index contributed by atoms with van der Waals surface area (Å²) in [5.41, 5.74) is 2.39. The zero-order chi connectivity index (χ0) is 14.1. The molecule has 0 unspecified atom stereocenters. The van der Waals surface area contributed by atoms with Crippen molar-refractivity contribution in [2.75, 3.05) is 0 Å². The molecule has 0 spiro atoms. The lowest BCUT2D eigenvalue weighted by molar-refractivity contribution is 0.0813. The normalized spacial score (nSPS) is 10.7. The molecule has 0 fully saturated rings. The average molecular weight is 264 g/mol. The van der Waals surface area contributed by atoms with Crippen molar-refractivity contribution in [3.8, 4) is 0 Å². The van der Waals surface area contributed by atoms with E-state index in [2.05, 4.69) is 4.98 Å². The zero-order valence-electron chi connectivity index (χ0n) is 10.9. The number of aryl methyl sites for hydroxylation is 1. The Morgan fingerprint density at radius 2 is 1.80 bits per heavy atom. The topological polar surface area (TPSA) is 51.4 Å². The Kier molecular flexibility index (Phi) is 2.91. The van der Waals surface area contributed by atoms with Gasteiger partial charge in [-0.1, -0.05) is 30.3 Å². The van der Waals surface area contributed by atoms with Crippen LogP contribution in [0.5, 0.6) is 0 Å². The standard InChI is InChI=1S/C16H12N2O2/c1-11-7-8-18-13(10-17-14(18)9-11)16(20)15(19)12-5-3-2-4-6-12/h2-10H,1H3. The first-order valence-corrected chi connectivity index (χ1v) is 6.24. The molecule has 0 radical (unpaired) electrons. The van der Waals surface area contributed by atoms with Crippen LogP contribution in [-0.2, 0) is 0 Å². The fraction of sp³-hybridized carbons (Fsp3) is 0.0625. The molecule has 4 nitrogen and oxygen atoms in total. The third kappa shape index (κ3) is 2.01. The first kappa shape index (κ1) is 12.3. The fourth-order valence-electron chi connectivity index (χ4n) is 2.09. The molecular formula is C16H12N2O2. The Morgan fingerprint density at radius 1 is 1.05 bits per heavy atom. The highest BCUT2D eigenvalue weighted by atomic mass is 16.2. The minimum Gasteiger partial charge on any atom is -0.297 e.